The lowest BCUT2D eigenvalue weighted by Gasteiger charge is -1.93. The Morgan fingerprint density at radius 2 is 1.22 bits per heavy atom. The van der Waals surface area contributed by atoms with E-state index < -0.39 is 28.9 Å². The Balaban J connectivity index is -0.000000190. The molecule has 0 rings (SSSR count). The number of alkyl halides is 6. The summed E-state index contributed by atoms with van der Waals surface area (Å²) < 4.78 is 31.7. The van der Waals surface area contributed by atoms with Gasteiger partial charge in [0.2, 0.25) is 4.84 Å². The molecule has 0 radical (unpaired) electrons. The molecule has 0 spiro atoms. The molecule has 12 heteroatoms. The van der Waals surface area contributed by atoms with Crippen LogP contribution in [0.4, 0.5) is 13.2 Å². The summed E-state index contributed by atoms with van der Waals surface area (Å²) in [7, 11) is 0. The fourth-order valence-electron chi connectivity index (χ4n) is 0. The number of hydrogen-bond donors (Lipinski definition) is 3. The molecular formula is C6H6Cl3F3O6. The summed E-state index contributed by atoms with van der Waals surface area (Å²) in [5, 5.41) is 22.4. The number of hydrogen-bond acceptors (Lipinski definition) is 3. The van der Waals surface area contributed by atoms with E-state index in [1.54, 1.807) is 0 Å². The molecule has 0 saturated carbocycles. The van der Waals surface area contributed by atoms with E-state index in [0.717, 1.165) is 0 Å². The third-order valence-electron chi connectivity index (χ3n) is 0.543. The number of halogens is 6. The van der Waals surface area contributed by atoms with Gasteiger partial charge in [-0.2, -0.15) is 13.2 Å². The molecule has 0 aromatic heterocycles. The van der Waals surface area contributed by atoms with Crippen LogP contribution in [0.25, 0.3) is 0 Å². The second kappa shape index (κ2) is 11.2. The molecule has 0 aromatic rings. The molecule has 0 atom stereocenters. The van der Waals surface area contributed by atoms with Gasteiger partial charge >= 0.3 is 24.1 Å². The lowest BCUT2D eigenvalue weighted by molar-refractivity contribution is -0.192. The first-order valence-electron chi connectivity index (χ1n) is 3.45. The Morgan fingerprint density at radius 1 is 1.06 bits per heavy atom. The molecule has 0 amide bonds. The quantitative estimate of drug-likeness (QED) is 0.663. The van der Waals surface area contributed by atoms with Crippen molar-refractivity contribution in [1.82, 2.24) is 0 Å². The van der Waals surface area contributed by atoms with Crippen LogP contribution < -0.4 is 0 Å². The van der Waals surface area contributed by atoms with Gasteiger partial charge in [0.15, 0.2) is 0 Å². The van der Waals surface area contributed by atoms with Crippen LogP contribution in [0, 0.1) is 0 Å². The van der Waals surface area contributed by atoms with Crippen LogP contribution in [-0.2, 0) is 14.4 Å². The van der Waals surface area contributed by atoms with Crippen LogP contribution in [0.15, 0.2) is 0 Å². The van der Waals surface area contributed by atoms with E-state index in [2.05, 4.69) is 0 Å². The minimum Gasteiger partial charge on any atom is -0.480 e. The largest absolute Gasteiger partial charge is 0.490 e. The van der Waals surface area contributed by atoms with E-state index in [9.17, 15) is 22.8 Å². The van der Waals surface area contributed by atoms with Crippen LogP contribution in [-0.4, -0.2) is 50.1 Å². The highest BCUT2D eigenvalue weighted by molar-refractivity contribution is 6.52. The number of carbonyl (C=O) groups is 3. The van der Waals surface area contributed by atoms with Gasteiger partial charge in [0.05, 0.1) is 0 Å². The molecule has 108 valence electrons. The third-order valence-corrected chi connectivity index (χ3v) is 1.15. The molecule has 3 N–H and O–H groups in total. The smallest absolute Gasteiger partial charge is 0.480 e. The molecule has 0 unspecified atom stereocenters. The summed E-state index contributed by atoms with van der Waals surface area (Å²) in [6.07, 6.45) is -5.08. The molecular weight excluding hydrogens is 331 g/mol. The monoisotopic (exact) mass is 336 g/mol. The Bertz CT molecular complexity index is 280. The van der Waals surface area contributed by atoms with Gasteiger partial charge in [-0.05, 0) is 0 Å². The third kappa shape index (κ3) is 24.3. The highest BCUT2D eigenvalue weighted by Gasteiger charge is 2.38. The van der Waals surface area contributed by atoms with Crippen molar-refractivity contribution in [1.29, 1.82) is 0 Å². The van der Waals surface area contributed by atoms with E-state index in [1.807, 2.05) is 0 Å². The van der Waals surface area contributed by atoms with Crippen molar-refractivity contribution in [2.75, 3.05) is 5.88 Å². The maximum absolute atomic E-state index is 10.6. The summed E-state index contributed by atoms with van der Waals surface area (Å²) in [4.78, 5) is 26.3. The van der Waals surface area contributed by atoms with Gasteiger partial charge in [-0.3, -0.25) is 4.79 Å². The zero-order valence-electron chi connectivity index (χ0n) is 8.12. The second-order valence-electron chi connectivity index (χ2n) is 1.97. The molecule has 0 aliphatic carbocycles. The predicted molar refractivity (Wildman–Crippen MR) is 55.2 cm³/mol. The second-order valence-corrected chi connectivity index (χ2v) is 3.33. The summed E-state index contributed by atoms with van der Waals surface area (Å²) in [5.41, 5.74) is 0. The minimum atomic E-state index is -5.08. The van der Waals surface area contributed by atoms with Gasteiger partial charge in [-0.25, -0.2) is 9.59 Å². The summed E-state index contributed by atoms with van der Waals surface area (Å²) in [6.45, 7) is 0. The zero-order chi connectivity index (χ0) is 15.5. The van der Waals surface area contributed by atoms with E-state index in [1.165, 1.54) is 0 Å². The van der Waals surface area contributed by atoms with Crippen molar-refractivity contribution < 1.29 is 42.9 Å². The standard InChI is InChI=1S/C2H2Cl2O2.C2H3ClO2.C2HF3O2/c3-1(4)2(5)6;3-1-2(4)5;3-2(4,5)1(6)7/h1H,(H,5,6);1H2,(H,4,5);(H,6,7). The maximum Gasteiger partial charge on any atom is 0.490 e. The summed E-state index contributed by atoms with van der Waals surface area (Å²) in [6, 6.07) is 0. The van der Waals surface area contributed by atoms with Crippen molar-refractivity contribution in [2.45, 2.75) is 11.0 Å². The number of carboxylic acids is 3. The molecule has 0 aliphatic heterocycles. The summed E-state index contributed by atoms with van der Waals surface area (Å²) >= 11 is 14.3. The fraction of sp³-hybridized carbons (Fsp3) is 0.500. The highest BCUT2D eigenvalue weighted by atomic mass is 35.5. The van der Waals surface area contributed by atoms with Crippen LogP contribution in [0.2, 0.25) is 0 Å². The molecule has 0 heterocycles. The molecule has 0 saturated heterocycles. The first kappa shape index (κ1) is 22.3. The van der Waals surface area contributed by atoms with E-state index in [0.29, 0.717) is 0 Å². The van der Waals surface area contributed by atoms with Gasteiger partial charge in [0, 0.05) is 0 Å². The number of rotatable bonds is 2. The minimum absolute atomic E-state index is 0.306. The molecule has 0 fully saturated rings. The molecule has 0 aliphatic rings. The molecule has 0 aromatic carbocycles. The Kier molecular flexibility index (Phi) is 13.8. The van der Waals surface area contributed by atoms with Gasteiger partial charge in [0.1, 0.15) is 5.88 Å². The fourth-order valence-corrected chi connectivity index (χ4v) is 0. The molecule has 6 nitrogen and oxygen atoms in total. The van der Waals surface area contributed by atoms with Crippen LogP contribution in [0.3, 0.4) is 0 Å². The average Bonchev–Trinajstić information content (AvgIpc) is 2.17. The first-order chi connectivity index (χ1) is 7.86. The topological polar surface area (TPSA) is 112 Å². The van der Waals surface area contributed by atoms with Crippen molar-refractivity contribution in [3.63, 3.8) is 0 Å². The van der Waals surface area contributed by atoms with E-state index in [-0.39, 0.29) is 5.88 Å². The Morgan fingerprint density at radius 3 is 1.22 bits per heavy atom. The van der Waals surface area contributed by atoms with Crippen molar-refractivity contribution >= 4 is 52.7 Å². The van der Waals surface area contributed by atoms with Gasteiger partial charge in [-0.15, -0.1) is 11.6 Å². The van der Waals surface area contributed by atoms with Crippen molar-refractivity contribution in [3.8, 4) is 0 Å². The van der Waals surface area contributed by atoms with Crippen LogP contribution in [0.5, 0.6) is 0 Å². The molecule has 0 bridgehead atoms. The van der Waals surface area contributed by atoms with Crippen molar-refractivity contribution in [2.24, 2.45) is 0 Å². The average molecular weight is 337 g/mol. The van der Waals surface area contributed by atoms with Crippen molar-refractivity contribution in [3.05, 3.63) is 0 Å². The van der Waals surface area contributed by atoms with Gasteiger partial charge < -0.3 is 15.3 Å². The van der Waals surface area contributed by atoms with E-state index >= 15 is 0 Å². The highest BCUT2D eigenvalue weighted by Crippen LogP contribution is 2.13. The van der Waals surface area contributed by atoms with Crippen LogP contribution in [0.1, 0.15) is 0 Å². The van der Waals surface area contributed by atoms with E-state index in [4.69, 9.17) is 54.9 Å². The Hall–Kier alpha value is -0.930. The number of carboxylic acid groups (broad SMARTS) is 3. The number of aliphatic carboxylic acids is 3. The maximum atomic E-state index is 10.6. The Labute approximate surface area is 113 Å². The molecule has 18 heavy (non-hydrogen) atoms. The van der Waals surface area contributed by atoms with Gasteiger partial charge in [0.25, 0.3) is 0 Å². The van der Waals surface area contributed by atoms with Gasteiger partial charge in [-0.1, -0.05) is 23.2 Å². The summed E-state index contributed by atoms with van der Waals surface area (Å²) in [5.74, 6) is -5.25. The SMILES string of the molecule is O=C(O)C(Cl)Cl.O=C(O)C(F)(F)F.O=C(O)CCl. The van der Waals surface area contributed by atoms with Crippen LogP contribution >= 0.6 is 34.8 Å². The zero-order valence-corrected chi connectivity index (χ0v) is 10.4. The predicted octanol–water partition coefficient (Wildman–Crippen LogP) is 1.82. The first-order valence-corrected chi connectivity index (χ1v) is 4.85. The normalized spacial score (nSPS) is 9.50. The lowest BCUT2D eigenvalue weighted by atomic mass is 10.7. The lowest BCUT2D eigenvalue weighted by Crippen LogP contribution is -2.21.